The van der Waals surface area contributed by atoms with Crippen LogP contribution in [0.1, 0.15) is 71.2 Å². The first-order chi connectivity index (χ1) is 9.77. The minimum absolute atomic E-state index is 0.0892. The van der Waals surface area contributed by atoms with Crippen LogP contribution in [0.2, 0.25) is 0 Å². The Labute approximate surface area is 128 Å². The predicted molar refractivity (Wildman–Crippen MR) is 89.6 cm³/mol. The lowest BCUT2D eigenvalue weighted by Gasteiger charge is -2.29. The lowest BCUT2D eigenvalue weighted by atomic mass is 9.83. The van der Waals surface area contributed by atoms with E-state index in [1.807, 2.05) is 6.92 Å². The van der Waals surface area contributed by atoms with Crippen LogP contribution in [0.3, 0.4) is 0 Å². The van der Waals surface area contributed by atoms with E-state index in [1.165, 1.54) is 32.1 Å². The monoisotopic (exact) mass is 290 g/mol. The number of aromatic nitrogens is 2. The molecule has 0 aromatic carbocycles. The van der Waals surface area contributed by atoms with Gasteiger partial charge in [-0.2, -0.15) is 0 Å². The van der Waals surface area contributed by atoms with Gasteiger partial charge in [0.15, 0.2) is 0 Å². The van der Waals surface area contributed by atoms with Crippen LogP contribution >= 0.6 is 0 Å². The molecular formula is C17H30N4. The second kappa shape index (κ2) is 5.82. The van der Waals surface area contributed by atoms with Gasteiger partial charge in [0.25, 0.3) is 0 Å². The molecule has 4 nitrogen and oxygen atoms in total. The molecule has 0 saturated heterocycles. The Morgan fingerprint density at radius 3 is 2.33 bits per heavy atom. The molecule has 0 spiro atoms. The second-order valence-electron chi connectivity index (χ2n) is 7.57. The lowest BCUT2D eigenvalue weighted by Crippen LogP contribution is -2.27. The third kappa shape index (κ3) is 3.47. The highest BCUT2D eigenvalue weighted by Crippen LogP contribution is 2.41. The molecule has 1 saturated carbocycles. The molecule has 0 aliphatic heterocycles. The number of nitrogens with one attached hydrogen (secondary N) is 1. The van der Waals surface area contributed by atoms with Gasteiger partial charge in [0, 0.05) is 17.5 Å². The largest absolute Gasteiger partial charge is 0.383 e. The van der Waals surface area contributed by atoms with E-state index < -0.39 is 0 Å². The molecule has 21 heavy (non-hydrogen) atoms. The van der Waals surface area contributed by atoms with Crippen molar-refractivity contribution in [3.63, 3.8) is 0 Å². The molecule has 1 fully saturated rings. The molecule has 2 rings (SSSR count). The van der Waals surface area contributed by atoms with Crippen molar-refractivity contribution in [2.24, 2.45) is 5.41 Å². The molecule has 3 N–H and O–H groups in total. The van der Waals surface area contributed by atoms with E-state index in [0.717, 1.165) is 23.8 Å². The second-order valence-corrected chi connectivity index (χ2v) is 7.57. The van der Waals surface area contributed by atoms with E-state index in [9.17, 15) is 0 Å². The number of rotatable bonds is 4. The van der Waals surface area contributed by atoms with Gasteiger partial charge >= 0.3 is 0 Å². The molecule has 1 heterocycles. The number of hydrogen-bond acceptors (Lipinski definition) is 4. The minimum Gasteiger partial charge on any atom is -0.383 e. The van der Waals surface area contributed by atoms with Crippen molar-refractivity contribution in [1.29, 1.82) is 0 Å². The molecule has 0 unspecified atom stereocenters. The summed E-state index contributed by atoms with van der Waals surface area (Å²) in [5.74, 6) is 2.31. The SMILES string of the molecule is CCC1(CNc2nc(C(C)(C)C)nc(N)c2C)CCCC1. The van der Waals surface area contributed by atoms with E-state index in [-0.39, 0.29) is 5.41 Å². The lowest BCUT2D eigenvalue weighted by molar-refractivity contribution is 0.306. The van der Waals surface area contributed by atoms with Gasteiger partial charge < -0.3 is 11.1 Å². The molecule has 0 amide bonds. The van der Waals surface area contributed by atoms with Gasteiger partial charge in [-0.25, -0.2) is 9.97 Å². The van der Waals surface area contributed by atoms with Crippen LogP contribution in [0.15, 0.2) is 0 Å². The standard InChI is InChI=1S/C17H30N4/c1-6-17(9-7-8-10-17)11-19-14-12(2)13(18)20-15(21-14)16(3,4)5/h6-11H2,1-5H3,(H3,18,19,20,21). The first kappa shape index (κ1) is 16.1. The quantitative estimate of drug-likeness (QED) is 0.878. The smallest absolute Gasteiger partial charge is 0.138 e. The van der Waals surface area contributed by atoms with E-state index in [1.54, 1.807) is 0 Å². The maximum Gasteiger partial charge on any atom is 0.138 e. The van der Waals surface area contributed by atoms with Gasteiger partial charge in [0.1, 0.15) is 17.5 Å². The average Bonchev–Trinajstić information content (AvgIpc) is 2.88. The molecular weight excluding hydrogens is 260 g/mol. The highest BCUT2D eigenvalue weighted by Gasteiger charge is 2.32. The Bertz CT molecular complexity index is 496. The van der Waals surface area contributed by atoms with Crippen LogP contribution in [0.4, 0.5) is 11.6 Å². The van der Waals surface area contributed by atoms with Crippen LogP contribution in [-0.4, -0.2) is 16.5 Å². The van der Waals surface area contributed by atoms with Gasteiger partial charge in [0.2, 0.25) is 0 Å². The van der Waals surface area contributed by atoms with Gasteiger partial charge in [-0.15, -0.1) is 0 Å². The topological polar surface area (TPSA) is 63.8 Å². The Hall–Kier alpha value is -1.32. The molecule has 1 aromatic rings. The van der Waals surface area contributed by atoms with Gasteiger partial charge in [0.05, 0.1) is 0 Å². The zero-order valence-electron chi connectivity index (χ0n) is 14.2. The highest BCUT2D eigenvalue weighted by molar-refractivity contribution is 5.55. The normalized spacial score (nSPS) is 18.0. The van der Waals surface area contributed by atoms with Gasteiger partial charge in [-0.05, 0) is 31.6 Å². The summed E-state index contributed by atoms with van der Waals surface area (Å²) in [6.07, 6.45) is 6.58. The third-order valence-corrected chi connectivity index (χ3v) is 4.90. The number of nitrogens with two attached hydrogens (primary N) is 1. The Morgan fingerprint density at radius 1 is 1.19 bits per heavy atom. The molecule has 0 bridgehead atoms. The van der Waals surface area contributed by atoms with Crippen molar-refractivity contribution in [1.82, 2.24) is 9.97 Å². The van der Waals surface area contributed by atoms with E-state index in [2.05, 4.69) is 38.0 Å². The molecule has 0 atom stereocenters. The van der Waals surface area contributed by atoms with Crippen LogP contribution in [0.25, 0.3) is 0 Å². The van der Waals surface area contributed by atoms with Gasteiger partial charge in [-0.1, -0.05) is 40.5 Å². The van der Waals surface area contributed by atoms with Crippen LogP contribution in [0.5, 0.6) is 0 Å². The van der Waals surface area contributed by atoms with Crippen molar-refractivity contribution in [3.05, 3.63) is 11.4 Å². The molecule has 118 valence electrons. The third-order valence-electron chi connectivity index (χ3n) is 4.90. The number of anilines is 2. The minimum atomic E-state index is -0.0892. The molecule has 1 aliphatic carbocycles. The fourth-order valence-corrected chi connectivity index (χ4v) is 3.09. The Kier molecular flexibility index (Phi) is 4.45. The summed E-state index contributed by atoms with van der Waals surface area (Å²) >= 11 is 0. The average molecular weight is 290 g/mol. The summed E-state index contributed by atoms with van der Waals surface area (Å²) in [5.41, 5.74) is 7.39. The maximum atomic E-state index is 6.08. The summed E-state index contributed by atoms with van der Waals surface area (Å²) < 4.78 is 0. The fraction of sp³-hybridized carbons (Fsp3) is 0.765. The summed E-state index contributed by atoms with van der Waals surface area (Å²) in [7, 11) is 0. The van der Waals surface area contributed by atoms with E-state index in [0.29, 0.717) is 11.2 Å². The molecule has 1 aromatic heterocycles. The van der Waals surface area contributed by atoms with Gasteiger partial charge in [-0.3, -0.25) is 0 Å². The molecule has 0 radical (unpaired) electrons. The van der Waals surface area contributed by atoms with Crippen LogP contribution < -0.4 is 11.1 Å². The Balaban J connectivity index is 2.21. The fourth-order valence-electron chi connectivity index (χ4n) is 3.09. The molecule has 4 heteroatoms. The van der Waals surface area contributed by atoms with Crippen LogP contribution in [0, 0.1) is 12.3 Å². The summed E-state index contributed by atoms with van der Waals surface area (Å²) in [6, 6.07) is 0. The van der Waals surface area contributed by atoms with E-state index in [4.69, 9.17) is 10.7 Å². The zero-order chi connectivity index (χ0) is 15.7. The van der Waals surface area contributed by atoms with Crippen molar-refractivity contribution < 1.29 is 0 Å². The maximum absolute atomic E-state index is 6.08. The number of nitrogen functional groups attached to an aromatic ring is 1. The first-order valence-corrected chi connectivity index (χ1v) is 8.16. The predicted octanol–water partition coefficient (Wildman–Crippen LogP) is 4.05. The van der Waals surface area contributed by atoms with Crippen molar-refractivity contribution in [2.75, 3.05) is 17.6 Å². The van der Waals surface area contributed by atoms with Crippen molar-refractivity contribution in [2.45, 2.75) is 72.1 Å². The summed E-state index contributed by atoms with van der Waals surface area (Å²) in [4.78, 5) is 9.18. The van der Waals surface area contributed by atoms with Crippen molar-refractivity contribution in [3.8, 4) is 0 Å². The Morgan fingerprint density at radius 2 is 1.81 bits per heavy atom. The van der Waals surface area contributed by atoms with Crippen LogP contribution in [-0.2, 0) is 5.41 Å². The number of nitrogens with zero attached hydrogens (tertiary/aromatic N) is 2. The number of hydrogen-bond donors (Lipinski definition) is 2. The molecule has 1 aliphatic rings. The highest BCUT2D eigenvalue weighted by atomic mass is 15.1. The zero-order valence-corrected chi connectivity index (χ0v) is 14.2. The summed E-state index contributed by atoms with van der Waals surface area (Å²) in [6.45, 7) is 11.6. The van der Waals surface area contributed by atoms with Crippen molar-refractivity contribution >= 4 is 11.6 Å². The first-order valence-electron chi connectivity index (χ1n) is 8.16. The van der Waals surface area contributed by atoms with E-state index >= 15 is 0 Å². The summed E-state index contributed by atoms with van der Waals surface area (Å²) in [5, 5.41) is 3.57.